The van der Waals surface area contributed by atoms with Gasteiger partial charge in [-0.1, -0.05) is 0 Å². The maximum Gasteiger partial charge on any atom is 0.236 e. The number of aromatic nitrogens is 3. The highest BCUT2D eigenvalue weighted by molar-refractivity contribution is 7.99. The highest BCUT2D eigenvalue weighted by Gasteiger charge is 2.08. The summed E-state index contributed by atoms with van der Waals surface area (Å²) in [6.07, 6.45) is 3.45. The van der Waals surface area contributed by atoms with Crippen molar-refractivity contribution in [2.75, 3.05) is 11.1 Å². The minimum Gasteiger partial charge on any atom is -0.301 e. The van der Waals surface area contributed by atoms with Crippen molar-refractivity contribution >= 4 is 45.5 Å². The number of hydrogen-bond donors (Lipinski definition) is 1. The van der Waals surface area contributed by atoms with E-state index in [-0.39, 0.29) is 5.91 Å². The van der Waals surface area contributed by atoms with Gasteiger partial charge in [0.2, 0.25) is 5.91 Å². The number of carbonyl (C=O) groups is 1. The van der Waals surface area contributed by atoms with Crippen LogP contribution in [0.15, 0.2) is 35.3 Å². The lowest BCUT2D eigenvalue weighted by molar-refractivity contribution is -0.113. The fraction of sp³-hybridized carbons (Fsp3) is 0.200. The lowest BCUT2D eigenvalue weighted by Gasteiger charge is -2.01. The smallest absolute Gasteiger partial charge is 0.236 e. The van der Waals surface area contributed by atoms with E-state index in [9.17, 15) is 4.79 Å². The molecule has 0 aliphatic rings. The fourth-order valence-corrected chi connectivity index (χ4v) is 4.04. The van der Waals surface area contributed by atoms with E-state index in [2.05, 4.69) is 20.3 Å². The fourth-order valence-electron chi connectivity index (χ4n) is 1.86. The monoisotopic (exact) mass is 362 g/mol. The van der Waals surface area contributed by atoms with Gasteiger partial charge in [-0.2, -0.15) is 0 Å². The maximum atomic E-state index is 12.0. The van der Waals surface area contributed by atoms with E-state index in [0.717, 1.165) is 27.7 Å². The molecule has 3 aromatic rings. The van der Waals surface area contributed by atoms with Crippen molar-refractivity contribution in [3.63, 3.8) is 0 Å². The predicted octanol–water partition coefficient (Wildman–Crippen LogP) is 3.84. The summed E-state index contributed by atoms with van der Waals surface area (Å²) in [6, 6.07) is 3.79. The predicted molar refractivity (Wildman–Crippen MR) is 97.0 cm³/mol. The van der Waals surface area contributed by atoms with Crippen molar-refractivity contribution < 1.29 is 4.79 Å². The molecule has 1 amide bonds. The van der Waals surface area contributed by atoms with Crippen LogP contribution in [0.5, 0.6) is 0 Å². The molecule has 0 fully saturated rings. The van der Waals surface area contributed by atoms with Gasteiger partial charge in [0.05, 0.1) is 22.1 Å². The van der Waals surface area contributed by atoms with Gasteiger partial charge < -0.3 is 5.32 Å². The van der Waals surface area contributed by atoms with Gasteiger partial charge in [0, 0.05) is 34.5 Å². The Bertz CT molecular complexity index is 785. The topological polar surface area (TPSA) is 67.8 Å². The molecular formula is C15H14N4OS3. The maximum absolute atomic E-state index is 12.0. The van der Waals surface area contributed by atoms with Crippen LogP contribution in [0.25, 0.3) is 11.3 Å². The van der Waals surface area contributed by atoms with Crippen LogP contribution in [-0.4, -0.2) is 26.6 Å². The Kier molecular flexibility index (Phi) is 5.37. The van der Waals surface area contributed by atoms with E-state index in [0.29, 0.717) is 10.9 Å². The standard InChI is InChI=1S/C15H14N4OS3/c1-10-17-12(7-22-10)6-21-9-14(20)19-15-18-13(8-23-15)11-2-4-16-5-3-11/h2-5,7-8H,6,9H2,1H3,(H,18,19,20). The second kappa shape index (κ2) is 7.67. The van der Waals surface area contributed by atoms with E-state index in [4.69, 9.17) is 0 Å². The summed E-state index contributed by atoms with van der Waals surface area (Å²) in [6.45, 7) is 1.98. The molecule has 0 atom stereocenters. The quantitative estimate of drug-likeness (QED) is 0.721. The van der Waals surface area contributed by atoms with Crippen LogP contribution in [0.1, 0.15) is 10.7 Å². The molecule has 3 aromatic heterocycles. The zero-order valence-electron chi connectivity index (χ0n) is 12.4. The summed E-state index contributed by atoms with van der Waals surface area (Å²) in [5.74, 6) is 1.09. The van der Waals surface area contributed by atoms with Crippen molar-refractivity contribution in [3.05, 3.63) is 46.0 Å². The zero-order valence-corrected chi connectivity index (χ0v) is 14.8. The van der Waals surface area contributed by atoms with Gasteiger partial charge in [0.25, 0.3) is 0 Å². The van der Waals surface area contributed by atoms with Gasteiger partial charge in [0.1, 0.15) is 0 Å². The lowest BCUT2D eigenvalue weighted by Crippen LogP contribution is -2.14. The van der Waals surface area contributed by atoms with Crippen molar-refractivity contribution in [3.8, 4) is 11.3 Å². The number of hydrogen-bond acceptors (Lipinski definition) is 7. The highest BCUT2D eigenvalue weighted by atomic mass is 32.2. The Labute approximate surface area is 146 Å². The van der Waals surface area contributed by atoms with Crippen LogP contribution in [0, 0.1) is 6.92 Å². The molecule has 5 nitrogen and oxygen atoms in total. The third-order valence-electron chi connectivity index (χ3n) is 2.88. The van der Waals surface area contributed by atoms with Gasteiger partial charge in [-0.05, 0) is 19.1 Å². The molecule has 0 aliphatic heterocycles. The van der Waals surface area contributed by atoms with Crippen LogP contribution in [0.2, 0.25) is 0 Å². The molecule has 3 rings (SSSR count). The van der Waals surface area contributed by atoms with Crippen molar-refractivity contribution in [2.24, 2.45) is 0 Å². The summed E-state index contributed by atoms with van der Waals surface area (Å²) in [5.41, 5.74) is 2.86. The Morgan fingerprint density at radius 2 is 2.04 bits per heavy atom. The van der Waals surface area contributed by atoms with Gasteiger partial charge in [-0.3, -0.25) is 9.78 Å². The SMILES string of the molecule is Cc1nc(CSCC(=O)Nc2nc(-c3ccncc3)cs2)cs1. The van der Waals surface area contributed by atoms with Crippen molar-refractivity contribution in [1.29, 1.82) is 0 Å². The van der Waals surface area contributed by atoms with Crippen LogP contribution in [0.3, 0.4) is 0 Å². The molecule has 0 bridgehead atoms. The molecule has 118 valence electrons. The second-order valence-electron chi connectivity index (χ2n) is 4.67. The number of anilines is 1. The van der Waals surface area contributed by atoms with E-state index in [1.807, 2.05) is 29.8 Å². The first-order valence-corrected chi connectivity index (χ1v) is 9.76. The van der Waals surface area contributed by atoms with Gasteiger partial charge in [0.15, 0.2) is 5.13 Å². The Morgan fingerprint density at radius 3 is 2.78 bits per heavy atom. The molecule has 23 heavy (non-hydrogen) atoms. The zero-order chi connectivity index (χ0) is 16.1. The minimum atomic E-state index is -0.0439. The van der Waals surface area contributed by atoms with E-state index < -0.39 is 0 Å². The number of carbonyl (C=O) groups excluding carboxylic acids is 1. The van der Waals surface area contributed by atoms with Gasteiger partial charge in [-0.25, -0.2) is 9.97 Å². The van der Waals surface area contributed by atoms with E-state index in [1.165, 1.54) is 11.3 Å². The largest absolute Gasteiger partial charge is 0.301 e. The van der Waals surface area contributed by atoms with Crippen molar-refractivity contribution in [2.45, 2.75) is 12.7 Å². The van der Waals surface area contributed by atoms with Gasteiger partial charge in [-0.15, -0.1) is 34.4 Å². The highest BCUT2D eigenvalue weighted by Crippen LogP contribution is 2.24. The number of nitrogens with zero attached hydrogens (tertiary/aromatic N) is 3. The summed E-state index contributed by atoms with van der Waals surface area (Å²) < 4.78 is 0. The summed E-state index contributed by atoms with van der Waals surface area (Å²) >= 11 is 4.60. The number of nitrogens with one attached hydrogen (secondary N) is 1. The molecule has 0 aliphatic carbocycles. The molecular weight excluding hydrogens is 348 g/mol. The molecule has 0 unspecified atom stereocenters. The Morgan fingerprint density at radius 1 is 1.22 bits per heavy atom. The Hall–Kier alpha value is -1.77. The second-order valence-corrected chi connectivity index (χ2v) is 7.58. The Balaban J connectivity index is 1.49. The van der Waals surface area contributed by atoms with E-state index >= 15 is 0 Å². The normalized spacial score (nSPS) is 10.7. The number of amides is 1. The molecule has 1 N–H and O–H groups in total. The number of aryl methyl sites for hydroxylation is 1. The number of thiazole rings is 2. The molecule has 0 spiro atoms. The van der Waals surface area contributed by atoms with Crippen LogP contribution in [-0.2, 0) is 10.5 Å². The molecule has 0 radical (unpaired) electrons. The first-order valence-electron chi connectivity index (χ1n) is 6.85. The third kappa shape index (κ3) is 4.60. The molecule has 0 aromatic carbocycles. The summed E-state index contributed by atoms with van der Waals surface area (Å²) in [5, 5.41) is 8.46. The van der Waals surface area contributed by atoms with Crippen LogP contribution in [0.4, 0.5) is 5.13 Å². The number of thioether (sulfide) groups is 1. The minimum absolute atomic E-state index is 0.0439. The van der Waals surface area contributed by atoms with Crippen LogP contribution < -0.4 is 5.32 Å². The first kappa shape index (κ1) is 16.1. The van der Waals surface area contributed by atoms with Crippen molar-refractivity contribution in [1.82, 2.24) is 15.0 Å². The molecule has 8 heteroatoms. The average Bonchev–Trinajstić information content (AvgIpc) is 3.17. The first-order chi connectivity index (χ1) is 11.2. The van der Waals surface area contributed by atoms with Gasteiger partial charge >= 0.3 is 0 Å². The van der Waals surface area contributed by atoms with E-state index in [1.54, 1.807) is 35.5 Å². The lowest BCUT2D eigenvalue weighted by atomic mass is 10.2. The summed E-state index contributed by atoms with van der Waals surface area (Å²) in [4.78, 5) is 24.8. The third-order valence-corrected chi connectivity index (χ3v) is 5.42. The van der Waals surface area contributed by atoms with Crippen LogP contribution >= 0.6 is 34.4 Å². The molecule has 3 heterocycles. The molecule has 0 saturated carbocycles. The average molecular weight is 363 g/mol. The molecule has 0 saturated heterocycles. The number of pyridine rings is 1. The summed E-state index contributed by atoms with van der Waals surface area (Å²) in [7, 11) is 0. The number of rotatable bonds is 6.